The van der Waals surface area contributed by atoms with Crippen LogP contribution < -0.4 is 4.74 Å². The molecule has 5 rings (SSSR count). The van der Waals surface area contributed by atoms with Crippen LogP contribution in [0.2, 0.25) is 5.02 Å². The van der Waals surface area contributed by atoms with Gasteiger partial charge in [0.1, 0.15) is 18.1 Å². The van der Waals surface area contributed by atoms with E-state index in [1.165, 1.54) is 12.8 Å². The number of rotatable bonds is 6. The largest absolute Gasteiger partial charge is 0.492 e. The van der Waals surface area contributed by atoms with Crippen molar-refractivity contribution in [1.29, 1.82) is 0 Å². The van der Waals surface area contributed by atoms with E-state index >= 15 is 0 Å². The predicted octanol–water partition coefficient (Wildman–Crippen LogP) is 6.26. The Bertz CT molecular complexity index is 1250. The quantitative estimate of drug-likeness (QED) is 0.406. The Labute approximate surface area is 219 Å². The Hall–Kier alpha value is -2.84. The molecular weight excluding hydrogens is 468 g/mol. The number of hydrogen-bond acceptors (Lipinski definition) is 4. The van der Waals surface area contributed by atoms with Crippen LogP contribution in [-0.2, 0) is 0 Å². The molecule has 2 fully saturated rings. The first-order chi connectivity index (χ1) is 17.4. The summed E-state index contributed by atoms with van der Waals surface area (Å²) in [6, 6.07) is 18.8. The van der Waals surface area contributed by atoms with Gasteiger partial charge in [-0.2, -0.15) is 0 Å². The first-order valence-corrected chi connectivity index (χ1v) is 13.3. The molecule has 1 unspecified atom stereocenters. The molecule has 2 aliphatic heterocycles. The van der Waals surface area contributed by atoms with Crippen molar-refractivity contribution in [2.24, 2.45) is 0 Å². The molecule has 3 aromatic rings. The molecule has 36 heavy (non-hydrogen) atoms. The van der Waals surface area contributed by atoms with Crippen molar-refractivity contribution in [1.82, 2.24) is 9.88 Å². The number of hydrogen-bond donors (Lipinski definition) is 1. The van der Waals surface area contributed by atoms with E-state index < -0.39 is 5.60 Å². The number of fused-ring (bicyclic) bond motifs is 2. The van der Waals surface area contributed by atoms with Crippen molar-refractivity contribution in [3.8, 4) is 28.7 Å². The van der Waals surface area contributed by atoms with Crippen LogP contribution in [0.4, 0.5) is 0 Å². The third-order valence-electron chi connectivity index (χ3n) is 7.72. The molecule has 0 spiro atoms. The molecule has 1 aromatic heterocycles. The van der Waals surface area contributed by atoms with Crippen molar-refractivity contribution >= 4 is 11.6 Å². The Morgan fingerprint density at radius 1 is 1.03 bits per heavy atom. The number of aryl methyl sites for hydroxylation is 1. The van der Waals surface area contributed by atoms with Gasteiger partial charge in [-0.1, -0.05) is 42.6 Å². The molecule has 2 aromatic carbocycles. The number of aromatic nitrogens is 1. The highest BCUT2D eigenvalue weighted by molar-refractivity contribution is 6.30. The lowest BCUT2D eigenvalue weighted by molar-refractivity contribution is -0.0563. The van der Waals surface area contributed by atoms with Crippen molar-refractivity contribution in [2.75, 3.05) is 13.2 Å². The fourth-order valence-electron chi connectivity index (χ4n) is 5.63. The zero-order valence-corrected chi connectivity index (χ0v) is 21.8. The van der Waals surface area contributed by atoms with Crippen LogP contribution in [0, 0.1) is 18.8 Å². The number of aliphatic hydroxyl groups is 1. The third kappa shape index (κ3) is 5.60. The highest BCUT2D eigenvalue weighted by Gasteiger charge is 2.46. The smallest absolute Gasteiger partial charge is 0.122 e. The average molecular weight is 501 g/mol. The maximum Gasteiger partial charge on any atom is 0.122 e. The van der Waals surface area contributed by atoms with Crippen LogP contribution in [0.1, 0.15) is 55.8 Å². The summed E-state index contributed by atoms with van der Waals surface area (Å²) in [5.74, 6) is 7.28. The summed E-state index contributed by atoms with van der Waals surface area (Å²) in [5.41, 5.74) is 4.40. The summed E-state index contributed by atoms with van der Waals surface area (Å²) >= 11 is 5.98. The van der Waals surface area contributed by atoms with Crippen molar-refractivity contribution in [2.45, 2.75) is 63.6 Å². The Balaban J connectivity index is 1.16. The number of piperidine rings is 1. The number of halogens is 1. The predicted molar refractivity (Wildman–Crippen MR) is 145 cm³/mol. The van der Waals surface area contributed by atoms with Crippen LogP contribution in [0.25, 0.3) is 11.1 Å². The second kappa shape index (κ2) is 10.6. The summed E-state index contributed by atoms with van der Waals surface area (Å²) in [5, 5.41) is 11.5. The van der Waals surface area contributed by atoms with E-state index in [0.29, 0.717) is 18.7 Å². The zero-order valence-electron chi connectivity index (χ0n) is 21.0. The van der Waals surface area contributed by atoms with Gasteiger partial charge >= 0.3 is 0 Å². The van der Waals surface area contributed by atoms with E-state index in [1.54, 1.807) is 0 Å². The van der Waals surface area contributed by atoms with E-state index in [1.807, 2.05) is 54.7 Å². The summed E-state index contributed by atoms with van der Waals surface area (Å²) in [4.78, 5) is 7.06. The normalized spacial score (nSPS) is 23.2. The molecule has 4 nitrogen and oxygen atoms in total. The highest BCUT2D eigenvalue weighted by atomic mass is 35.5. The molecule has 2 bridgehead atoms. The molecule has 5 heteroatoms. The molecular formula is C31H33ClN2O2. The molecule has 2 aliphatic rings. The van der Waals surface area contributed by atoms with Crippen LogP contribution in [0.15, 0.2) is 60.8 Å². The Kier molecular flexibility index (Phi) is 7.34. The number of ether oxygens (including phenoxy) is 1. The standard InChI is InChI=1S/C31H33ClN2O2/c1-3-31(35)19-28-13-14-29(20-31)34(28)16-17-36-30-15-5-23(18-22(30)2)4-11-27-12-8-25(21-33-27)24-6-9-26(32)10-7-24/h5-10,12,15,18,21,28-29,35H,3,13-14,16-17,19-20H2,1-2H3/t28-,29+,31?. The van der Waals surface area contributed by atoms with Crippen LogP contribution in [0.5, 0.6) is 5.75 Å². The maximum atomic E-state index is 10.8. The molecule has 0 radical (unpaired) electrons. The molecule has 3 atom stereocenters. The minimum Gasteiger partial charge on any atom is -0.492 e. The monoisotopic (exact) mass is 500 g/mol. The fourth-order valence-corrected chi connectivity index (χ4v) is 5.76. The second-order valence-corrected chi connectivity index (χ2v) is 10.6. The Morgan fingerprint density at radius 2 is 1.75 bits per heavy atom. The first kappa shape index (κ1) is 24.8. The van der Waals surface area contributed by atoms with Crippen molar-refractivity contribution in [3.05, 3.63) is 82.6 Å². The SMILES string of the molecule is CCC1(O)C[C@H]2CC[C@@H](C1)N2CCOc1ccc(C#Cc2ccc(-c3ccc(Cl)cc3)cn2)cc1C. The van der Waals surface area contributed by atoms with Gasteiger partial charge in [-0.15, -0.1) is 0 Å². The minimum atomic E-state index is -0.467. The lowest BCUT2D eigenvalue weighted by Gasteiger charge is -2.43. The fraction of sp³-hybridized carbons (Fsp3) is 0.387. The van der Waals surface area contributed by atoms with Gasteiger partial charge in [0.15, 0.2) is 0 Å². The van der Waals surface area contributed by atoms with Gasteiger partial charge in [-0.25, -0.2) is 4.98 Å². The van der Waals surface area contributed by atoms with Gasteiger partial charge in [-0.05, 0) is 92.5 Å². The van der Waals surface area contributed by atoms with Gasteiger partial charge in [0.25, 0.3) is 0 Å². The van der Waals surface area contributed by atoms with Gasteiger partial charge in [-0.3, -0.25) is 4.90 Å². The van der Waals surface area contributed by atoms with Crippen molar-refractivity contribution in [3.63, 3.8) is 0 Å². The molecule has 3 heterocycles. The van der Waals surface area contributed by atoms with Crippen LogP contribution in [-0.4, -0.2) is 45.8 Å². The van der Waals surface area contributed by atoms with Crippen molar-refractivity contribution < 1.29 is 9.84 Å². The molecule has 0 saturated carbocycles. The molecule has 2 saturated heterocycles. The zero-order chi connectivity index (χ0) is 25.1. The number of nitrogens with zero attached hydrogens (tertiary/aromatic N) is 2. The second-order valence-electron chi connectivity index (χ2n) is 10.1. The summed E-state index contributed by atoms with van der Waals surface area (Å²) in [6.45, 7) is 5.73. The minimum absolute atomic E-state index is 0.467. The molecule has 0 amide bonds. The van der Waals surface area contributed by atoms with Gasteiger partial charge in [0, 0.05) is 41.0 Å². The lowest BCUT2D eigenvalue weighted by atomic mass is 9.84. The third-order valence-corrected chi connectivity index (χ3v) is 7.97. The summed E-state index contributed by atoms with van der Waals surface area (Å²) < 4.78 is 6.15. The summed E-state index contributed by atoms with van der Waals surface area (Å²) in [6.07, 6.45) is 6.86. The molecule has 1 N–H and O–H groups in total. The Morgan fingerprint density at radius 3 is 2.39 bits per heavy atom. The van der Waals surface area contributed by atoms with E-state index in [0.717, 1.165) is 64.5 Å². The average Bonchev–Trinajstić information content (AvgIpc) is 3.14. The first-order valence-electron chi connectivity index (χ1n) is 12.9. The number of benzene rings is 2. The highest BCUT2D eigenvalue weighted by Crippen LogP contribution is 2.41. The van der Waals surface area contributed by atoms with E-state index in [2.05, 4.69) is 41.6 Å². The topological polar surface area (TPSA) is 45.6 Å². The number of pyridine rings is 1. The van der Waals surface area contributed by atoms with E-state index in [-0.39, 0.29) is 0 Å². The van der Waals surface area contributed by atoms with Crippen LogP contribution >= 0.6 is 11.6 Å². The van der Waals surface area contributed by atoms with Gasteiger partial charge in [0.05, 0.1) is 5.60 Å². The lowest BCUT2D eigenvalue weighted by Crippen LogP contribution is -2.51. The molecule has 0 aliphatic carbocycles. The summed E-state index contributed by atoms with van der Waals surface area (Å²) in [7, 11) is 0. The van der Waals surface area contributed by atoms with Crippen LogP contribution in [0.3, 0.4) is 0 Å². The van der Waals surface area contributed by atoms with Gasteiger partial charge < -0.3 is 9.84 Å². The van der Waals surface area contributed by atoms with E-state index in [4.69, 9.17) is 16.3 Å². The molecule has 186 valence electrons. The van der Waals surface area contributed by atoms with Gasteiger partial charge in [0.2, 0.25) is 0 Å². The van der Waals surface area contributed by atoms with E-state index in [9.17, 15) is 5.11 Å². The maximum absolute atomic E-state index is 10.8.